The van der Waals surface area contributed by atoms with Crippen LogP contribution in [-0.2, 0) is 4.79 Å². The van der Waals surface area contributed by atoms with Crippen molar-refractivity contribution < 1.29 is 9.53 Å². The normalized spacial score (nSPS) is 19.8. The molecular weight excluding hydrogens is 266 g/mol. The van der Waals surface area contributed by atoms with E-state index in [1.54, 1.807) is 25.3 Å². The molecule has 1 unspecified atom stereocenters. The Morgan fingerprint density at radius 1 is 1.43 bits per heavy atom. The second-order valence-electron chi connectivity index (χ2n) is 5.82. The van der Waals surface area contributed by atoms with Crippen LogP contribution in [0.25, 0.3) is 0 Å². The molecule has 2 rings (SSSR count). The lowest BCUT2D eigenvalue weighted by atomic mass is 10.0. The summed E-state index contributed by atoms with van der Waals surface area (Å²) in [6.45, 7) is 4.70. The van der Waals surface area contributed by atoms with E-state index >= 15 is 0 Å². The number of carbonyl (C=O) groups is 1. The number of methoxy groups -OCH3 is 1. The summed E-state index contributed by atoms with van der Waals surface area (Å²) in [6, 6.07) is 5.24. The summed E-state index contributed by atoms with van der Waals surface area (Å²) in [5, 5.41) is 2.91. The Kier molecular flexibility index (Phi) is 5.44. The zero-order valence-corrected chi connectivity index (χ0v) is 12.9. The monoisotopic (exact) mass is 291 g/mol. The maximum atomic E-state index is 12.2. The number of likely N-dealkylation sites (tertiary alicyclic amines) is 1. The van der Waals surface area contributed by atoms with Crippen LogP contribution in [0.3, 0.4) is 0 Å². The molecule has 21 heavy (non-hydrogen) atoms. The molecule has 1 aromatic rings. The van der Waals surface area contributed by atoms with Gasteiger partial charge < -0.3 is 15.8 Å². The van der Waals surface area contributed by atoms with E-state index < -0.39 is 0 Å². The number of rotatable bonds is 4. The average Bonchev–Trinajstić information content (AvgIpc) is 2.65. The molecule has 0 saturated carbocycles. The Morgan fingerprint density at radius 3 is 3.00 bits per heavy atom. The number of nitrogens with two attached hydrogens (primary N) is 1. The van der Waals surface area contributed by atoms with Gasteiger partial charge >= 0.3 is 0 Å². The maximum absolute atomic E-state index is 12.2. The first-order valence-corrected chi connectivity index (χ1v) is 7.54. The van der Waals surface area contributed by atoms with Gasteiger partial charge in [-0.2, -0.15) is 0 Å². The van der Waals surface area contributed by atoms with Crippen molar-refractivity contribution in [2.45, 2.75) is 26.2 Å². The van der Waals surface area contributed by atoms with Gasteiger partial charge in [0.05, 0.1) is 19.3 Å². The fourth-order valence-electron chi connectivity index (χ4n) is 2.68. The van der Waals surface area contributed by atoms with Crippen LogP contribution >= 0.6 is 0 Å². The molecular formula is C16H25N3O2. The molecule has 5 heteroatoms. The first kappa shape index (κ1) is 15.6. The number of nitrogen functional groups attached to an aromatic ring is 1. The molecule has 1 saturated heterocycles. The second kappa shape index (κ2) is 7.31. The van der Waals surface area contributed by atoms with E-state index in [-0.39, 0.29) is 5.91 Å². The number of hydrogen-bond acceptors (Lipinski definition) is 4. The smallest absolute Gasteiger partial charge is 0.238 e. The zero-order valence-electron chi connectivity index (χ0n) is 12.9. The third kappa shape index (κ3) is 4.63. The molecule has 3 N–H and O–H groups in total. The molecule has 0 radical (unpaired) electrons. The van der Waals surface area contributed by atoms with Gasteiger partial charge in [0.15, 0.2) is 0 Å². The molecule has 5 nitrogen and oxygen atoms in total. The van der Waals surface area contributed by atoms with Crippen molar-refractivity contribution in [3.63, 3.8) is 0 Å². The van der Waals surface area contributed by atoms with Crippen molar-refractivity contribution in [1.29, 1.82) is 0 Å². The number of carbonyl (C=O) groups excluding carboxylic acids is 1. The van der Waals surface area contributed by atoms with Crippen LogP contribution < -0.4 is 15.8 Å². The van der Waals surface area contributed by atoms with E-state index in [1.807, 2.05) is 0 Å². The van der Waals surface area contributed by atoms with Gasteiger partial charge in [0.2, 0.25) is 5.91 Å². The van der Waals surface area contributed by atoms with Gasteiger partial charge in [-0.25, -0.2) is 0 Å². The molecule has 0 spiro atoms. The molecule has 116 valence electrons. The Labute approximate surface area is 126 Å². The number of nitrogens with one attached hydrogen (secondary N) is 1. The molecule has 0 aromatic heterocycles. The average molecular weight is 291 g/mol. The third-order valence-corrected chi connectivity index (χ3v) is 3.98. The molecule has 1 aromatic carbocycles. The standard InChI is InChI=1S/C16H25N3O2/c1-12-4-3-8-19(9-7-12)11-16(20)18-14-6-5-13(17)10-15(14)21-2/h5-6,10,12H,3-4,7-9,11,17H2,1-2H3,(H,18,20). The Hall–Kier alpha value is -1.75. The van der Waals surface area contributed by atoms with Gasteiger partial charge in [0.1, 0.15) is 5.75 Å². The lowest BCUT2D eigenvalue weighted by Crippen LogP contribution is -2.34. The third-order valence-electron chi connectivity index (χ3n) is 3.98. The zero-order chi connectivity index (χ0) is 15.2. The quantitative estimate of drug-likeness (QED) is 0.836. The fourth-order valence-corrected chi connectivity index (χ4v) is 2.68. The van der Waals surface area contributed by atoms with Gasteiger partial charge in [0, 0.05) is 11.8 Å². The minimum Gasteiger partial charge on any atom is -0.494 e. The van der Waals surface area contributed by atoms with Crippen LogP contribution in [0.4, 0.5) is 11.4 Å². The first-order chi connectivity index (χ1) is 10.1. The van der Waals surface area contributed by atoms with Crippen molar-refractivity contribution in [2.24, 2.45) is 5.92 Å². The number of anilines is 2. The molecule has 1 atom stereocenters. The Balaban J connectivity index is 1.92. The molecule has 1 aliphatic rings. The fraction of sp³-hybridized carbons (Fsp3) is 0.562. The van der Waals surface area contributed by atoms with Gasteiger partial charge in [-0.15, -0.1) is 0 Å². The number of nitrogens with zero attached hydrogens (tertiary/aromatic N) is 1. The van der Waals surface area contributed by atoms with Gasteiger partial charge in [-0.05, 0) is 50.4 Å². The van der Waals surface area contributed by atoms with Crippen molar-refractivity contribution in [3.05, 3.63) is 18.2 Å². The van der Waals surface area contributed by atoms with E-state index in [9.17, 15) is 4.79 Å². The predicted molar refractivity (Wildman–Crippen MR) is 85.5 cm³/mol. The van der Waals surface area contributed by atoms with E-state index in [0.29, 0.717) is 23.7 Å². The highest BCUT2D eigenvalue weighted by molar-refractivity contribution is 5.94. The summed E-state index contributed by atoms with van der Waals surface area (Å²) in [6.07, 6.45) is 3.59. The predicted octanol–water partition coefficient (Wildman–Crippen LogP) is 2.34. The Morgan fingerprint density at radius 2 is 2.24 bits per heavy atom. The minimum absolute atomic E-state index is 0.00683. The van der Waals surface area contributed by atoms with Gasteiger partial charge in [-0.3, -0.25) is 9.69 Å². The second-order valence-corrected chi connectivity index (χ2v) is 5.82. The summed E-state index contributed by atoms with van der Waals surface area (Å²) in [5.74, 6) is 1.34. The van der Waals surface area contributed by atoms with Crippen LogP contribution in [0.15, 0.2) is 18.2 Å². The summed E-state index contributed by atoms with van der Waals surface area (Å²) in [5.41, 5.74) is 7.00. The summed E-state index contributed by atoms with van der Waals surface area (Å²) >= 11 is 0. The van der Waals surface area contributed by atoms with Crippen molar-refractivity contribution in [3.8, 4) is 5.75 Å². The number of ether oxygens (including phenoxy) is 1. The van der Waals surface area contributed by atoms with Crippen LogP contribution in [0, 0.1) is 5.92 Å². The minimum atomic E-state index is -0.00683. The van der Waals surface area contributed by atoms with Crippen molar-refractivity contribution >= 4 is 17.3 Å². The van der Waals surface area contributed by atoms with E-state index in [0.717, 1.165) is 19.0 Å². The van der Waals surface area contributed by atoms with Gasteiger partial charge in [-0.1, -0.05) is 6.92 Å². The van der Waals surface area contributed by atoms with Crippen molar-refractivity contribution in [1.82, 2.24) is 4.90 Å². The summed E-state index contributed by atoms with van der Waals surface area (Å²) in [4.78, 5) is 14.4. The number of hydrogen-bond donors (Lipinski definition) is 2. The highest BCUT2D eigenvalue weighted by Crippen LogP contribution is 2.26. The first-order valence-electron chi connectivity index (χ1n) is 7.54. The van der Waals surface area contributed by atoms with Crippen LogP contribution in [0.5, 0.6) is 5.75 Å². The molecule has 1 heterocycles. The Bertz CT molecular complexity index is 490. The van der Waals surface area contributed by atoms with Gasteiger partial charge in [0.25, 0.3) is 0 Å². The highest BCUT2D eigenvalue weighted by Gasteiger charge is 2.17. The molecule has 1 fully saturated rings. The molecule has 1 amide bonds. The number of benzene rings is 1. The largest absolute Gasteiger partial charge is 0.494 e. The van der Waals surface area contributed by atoms with Crippen LogP contribution in [0.1, 0.15) is 26.2 Å². The van der Waals surface area contributed by atoms with Crippen molar-refractivity contribution in [2.75, 3.05) is 37.8 Å². The lowest BCUT2D eigenvalue weighted by molar-refractivity contribution is -0.117. The molecule has 0 aliphatic carbocycles. The molecule has 0 bridgehead atoms. The topological polar surface area (TPSA) is 67.6 Å². The molecule has 1 aliphatic heterocycles. The summed E-state index contributed by atoms with van der Waals surface area (Å²) < 4.78 is 5.24. The van der Waals surface area contributed by atoms with E-state index in [2.05, 4.69) is 17.1 Å². The maximum Gasteiger partial charge on any atom is 0.238 e. The highest BCUT2D eigenvalue weighted by atomic mass is 16.5. The van der Waals surface area contributed by atoms with Crippen LogP contribution in [-0.4, -0.2) is 37.6 Å². The van der Waals surface area contributed by atoms with E-state index in [4.69, 9.17) is 10.5 Å². The summed E-state index contributed by atoms with van der Waals surface area (Å²) in [7, 11) is 1.57. The van der Waals surface area contributed by atoms with E-state index in [1.165, 1.54) is 19.3 Å². The lowest BCUT2D eigenvalue weighted by Gasteiger charge is -2.19. The van der Waals surface area contributed by atoms with Crippen LogP contribution in [0.2, 0.25) is 0 Å². The number of amides is 1. The SMILES string of the molecule is COc1cc(N)ccc1NC(=O)CN1CCCC(C)CC1.